The summed E-state index contributed by atoms with van der Waals surface area (Å²) in [6.45, 7) is 9.16. The third-order valence-electron chi connectivity index (χ3n) is 4.30. The van der Waals surface area contributed by atoms with Crippen molar-refractivity contribution in [2.75, 3.05) is 14.2 Å². The van der Waals surface area contributed by atoms with Gasteiger partial charge in [-0.2, -0.15) is 5.10 Å². The first-order valence-electron chi connectivity index (χ1n) is 7.32. The van der Waals surface area contributed by atoms with Crippen molar-refractivity contribution in [1.82, 2.24) is 15.1 Å². The summed E-state index contributed by atoms with van der Waals surface area (Å²) >= 11 is 0. The molecule has 1 aromatic carbocycles. The summed E-state index contributed by atoms with van der Waals surface area (Å²) in [5.74, 6) is 0.909. The fourth-order valence-corrected chi connectivity index (χ4v) is 2.46. The lowest BCUT2D eigenvalue weighted by Gasteiger charge is -2.15. The highest BCUT2D eigenvalue weighted by Crippen LogP contribution is 2.25. The highest BCUT2D eigenvalue weighted by atomic mass is 16.5. The van der Waals surface area contributed by atoms with Crippen LogP contribution in [0.1, 0.15) is 41.0 Å². The maximum absolute atomic E-state index is 5.50. The summed E-state index contributed by atoms with van der Waals surface area (Å²) in [5, 5.41) is 7.89. The second-order valence-electron chi connectivity index (χ2n) is 5.54. The van der Waals surface area contributed by atoms with E-state index in [1.165, 1.54) is 16.8 Å². The largest absolute Gasteiger partial charge is 0.496 e. The van der Waals surface area contributed by atoms with E-state index < -0.39 is 0 Å². The van der Waals surface area contributed by atoms with Gasteiger partial charge in [0.1, 0.15) is 5.75 Å². The van der Waals surface area contributed by atoms with Gasteiger partial charge in [-0.05, 0) is 58.0 Å². The number of methoxy groups -OCH3 is 1. The molecule has 0 amide bonds. The molecule has 0 aliphatic heterocycles. The molecule has 2 aromatic rings. The molecule has 1 aromatic heterocycles. The third kappa shape index (κ3) is 3.10. The molecule has 0 spiro atoms. The van der Waals surface area contributed by atoms with Gasteiger partial charge in [0.2, 0.25) is 0 Å². The minimum atomic E-state index is 0.317. The van der Waals surface area contributed by atoms with Crippen LogP contribution >= 0.6 is 0 Å². The van der Waals surface area contributed by atoms with E-state index in [9.17, 15) is 0 Å². The Labute approximate surface area is 127 Å². The van der Waals surface area contributed by atoms with Gasteiger partial charge in [-0.3, -0.25) is 4.68 Å². The zero-order chi connectivity index (χ0) is 15.6. The molecule has 0 aliphatic carbocycles. The number of aryl methyl sites for hydroxylation is 1. The zero-order valence-corrected chi connectivity index (χ0v) is 13.8. The van der Waals surface area contributed by atoms with Crippen molar-refractivity contribution in [2.24, 2.45) is 0 Å². The number of nitrogens with one attached hydrogen (secondary N) is 1. The van der Waals surface area contributed by atoms with E-state index in [0.29, 0.717) is 6.04 Å². The van der Waals surface area contributed by atoms with E-state index >= 15 is 0 Å². The van der Waals surface area contributed by atoms with Crippen molar-refractivity contribution < 1.29 is 4.74 Å². The quantitative estimate of drug-likeness (QED) is 0.918. The van der Waals surface area contributed by atoms with Gasteiger partial charge >= 0.3 is 0 Å². The first-order chi connectivity index (χ1) is 9.97. The predicted molar refractivity (Wildman–Crippen MR) is 86.0 cm³/mol. The minimum absolute atomic E-state index is 0.317. The average molecular weight is 287 g/mol. The van der Waals surface area contributed by atoms with Gasteiger partial charge in [-0.15, -0.1) is 0 Å². The predicted octanol–water partition coefficient (Wildman–Crippen LogP) is 3.15. The van der Waals surface area contributed by atoms with Crippen molar-refractivity contribution in [3.05, 3.63) is 46.3 Å². The Morgan fingerprint density at radius 1 is 1.29 bits per heavy atom. The van der Waals surface area contributed by atoms with Crippen LogP contribution in [0.4, 0.5) is 0 Å². The fraction of sp³-hybridized carbons (Fsp3) is 0.471. The van der Waals surface area contributed by atoms with E-state index in [0.717, 1.165) is 23.6 Å². The van der Waals surface area contributed by atoms with Crippen LogP contribution in [0.3, 0.4) is 0 Å². The standard InChI is InChI=1S/C17H25N3O/c1-11-12(2)19-20(14(11)4)10-16-9-15(13(3)18-5)7-8-17(16)21-6/h7-9,13,18H,10H2,1-6H3. The van der Waals surface area contributed by atoms with Gasteiger partial charge in [0.05, 0.1) is 19.3 Å². The second kappa shape index (κ2) is 6.31. The smallest absolute Gasteiger partial charge is 0.123 e. The van der Waals surface area contributed by atoms with Gasteiger partial charge in [0.25, 0.3) is 0 Å². The lowest BCUT2D eigenvalue weighted by atomic mass is 10.0. The normalized spacial score (nSPS) is 12.5. The topological polar surface area (TPSA) is 39.1 Å². The lowest BCUT2D eigenvalue weighted by molar-refractivity contribution is 0.406. The van der Waals surface area contributed by atoms with Crippen molar-refractivity contribution >= 4 is 0 Å². The van der Waals surface area contributed by atoms with Gasteiger partial charge in [-0.1, -0.05) is 6.07 Å². The minimum Gasteiger partial charge on any atom is -0.496 e. The van der Waals surface area contributed by atoms with Crippen molar-refractivity contribution in [1.29, 1.82) is 0 Å². The third-order valence-corrected chi connectivity index (χ3v) is 4.30. The summed E-state index contributed by atoms with van der Waals surface area (Å²) in [4.78, 5) is 0. The maximum Gasteiger partial charge on any atom is 0.123 e. The first-order valence-corrected chi connectivity index (χ1v) is 7.32. The van der Waals surface area contributed by atoms with Crippen molar-refractivity contribution in [3.8, 4) is 5.75 Å². The number of benzene rings is 1. The Hall–Kier alpha value is -1.81. The van der Waals surface area contributed by atoms with Crippen LogP contribution in [0, 0.1) is 20.8 Å². The van der Waals surface area contributed by atoms with Crippen LogP contribution in [-0.2, 0) is 6.54 Å². The molecule has 0 radical (unpaired) electrons. The van der Waals surface area contributed by atoms with Gasteiger partial charge in [0.15, 0.2) is 0 Å². The molecule has 21 heavy (non-hydrogen) atoms. The van der Waals surface area contributed by atoms with Crippen molar-refractivity contribution in [2.45, 2.75) is 40.3 Å². The molecule has 4 nitrogen and oxygen atoms in total. The number of hydrogen-bond acceptors (Lipinski definition) is 3. The Bertz CT molecular complexity index is 631. The van der Waals surface area contributed by atoms with E-state index in [1.807, 2.05) is 13.1 Å². The van der Waals surface area contributed by atoms with Gasteiger partial charge in [-0.25, -0.2) is 0 Å². The van der Waals surface area contributed by atoms with E-state index in [4.69, 9.17) is 4.74 Å². The van der Waals surface area contributed by atoms with Crippen LogP contribution in [0.2, 0.25) is 0 Å². The molecular formula is C17H25N3O. The molecule has 0 bridgehead atoms. The van der Waals surface area contributed by atoms with Gasteiger partial charge in [0, 0.05) is 17.3 Å². The van der Waals surface area contributed by atoms with Crippen LogP contribution in [-0.4, -0.2) is 23.9 Å². The molecule has 0 aliphatic rings. The second-order valence-corrected chi connectivity index (χ2v) is 5.54. The average Bonchev–Trinajstić information content (AvgIpc) is 2.73. The molecule has 0 saturated carbocycles. The zero-order valence-electron chi connectivity index (χ0n) is 13.8. The van der Waals surface area contributed by atoms with Crippen LogP contribution in [0.5, 0.6) is 5.75 Å². The molecule has 1 unspecified atom stereocenters. The molecular weight excluding hydrogens is 262 g/mol. The molecule has 114 valence electrons. The molecule has 0 fully saturated rings. The Morgan fingerprint density at radius 3 is 2.52 bits per heavy atom. The lowest BCUT2D eigenvalue weighted by Crippen LogP contribution is -2.13. The maximum atomic E-state index is 5.50. The molecule has 1 atom stereocenters. The number of aromatic nitrogens is 2. The Balaban J connectivity index is 2.39. The van der Waals surface area contributed by atoms with Crippen molar-refractivity contribution in [3.63, 3.8) is 0 Å². The summed E-state index contributed by atoms with van der Waals surface area (Å²) in [7, 11) is 3.69. The van der Waals surface area contributed by atoms with E-state index in [2.05, 4.69) is 54.9 Å². The summed E-state index contributed by atoms with van der Waals surface area (Å²) in [5.41, 5.74) is 5.97. The molecule has 1 N–H and O–H groups in total. The van der Waals surface area contributed by atoms with Crippen LogP contribution in [0.25, 0.3) is 0 Å². The fourth-order valence-electron chi connectivity index (χ4n) is 2.46. The monoisotopic (exact) mass is 287 g/mol. The Kier molecular flexibility index (Phi) is 4.68. The summed E-state index contributed by atoms with van der Waals surface area (Å²) in [6.07, 6.45) is 0. The Morgan fingerprint density at radius 2 is 2.00 bits per heavy atom. The SMILES string of the molecule is CNC(C)c1ccc(OC)c(Cn2nc(C)c(C)c2C)c1. The molecule has 1 heterocycles. The van der Waals surface area contributed by atoms with Gasteiger partial charge < -0.3 is 10.1 Å². The highest BCUT2D eigenvalue weighted by molar-refractivity contribution is 5.39. The number of nitrogens with zero attached hydrogens (tertiary/aromatic N) is 2. The van der Waals surface area contributed by atoms with Crippen LogP contribution in [0.15, 0.2) is 18.2 Å². The number of ether oxygens (including phenoxy) is 1. The molecule has 2 rings (SSSR count). The van der Waals surface area contributed by atoms with Crippen LogP contribution < -0.4 is 10.1 Å². The summed E-state index contributed by atoms with van der Waals surface area (Å²) in [6, 6.07) is 6.66. The first kappa shape index (κ1) is 15.6. The molecule has 4 heteroatoms. The highest BCUT2D eigenvalue weighted by Gasteiger charge is 2.12. The van der Waals surface area contributed by atoms with E-state index in [-0.39, 0.29) is 0 Å². The number of rotatable bonds is 5. The molecule has 0 saturated heterocycles. The summed E-state index contributed by atoms with van der Waals surface area (Å²) < 4.78 is 7.55. The van der Waals surface area contributed by atoms with E-state index in [1.54, 1.807) is 7.11 Å². The number of hydrogen-bond donors (Lipinski definition) is 1.